The summed E-state index contributed by atoms with van der Waals surface area (Å²) in [7, 11) is 0. The third kappa shape index (κ3) is 2.55. The fourth-order valence-electron chi connectivity index (χ4n) is 8.67. The lowest BCUT2D eigenvalue weighted by atomic mass is 9.80. The van der Waals surface area contributed by atoms with Crippen LogP contribution in [0.5, 0.6) is 0 Å². The van der Waals surface area contributed by atoms with Crippen LogP contribution in [0, 0.1) is 0 Å². The van der Waals surface area contributed by atoms with Crippen molar-refractivity contribution in [2.24, 2.45) is 0 Å². The highest BCUT2D eigenvalue weighted by atomic mass is 32.1. The molecule has 2 aliphatic carbocycles. The minimum atomic E-state index is -0.359. The summed E-state index contributed by atoms with van der Waals surface area (Å²) in [6.07, 6.45) is 0. The normalized spacial score (nSPS) is 18.3. The van der Waals surface area contributed by atoms with Crippen molar-refractivity contribution in [1.29, 1.82) is 0 Å². The van der Waals surface area contributed by atoms with E-state index < -0.39 is 0 Å². The van der Waals surface area contributed by atoms with Crippen molar-refractivity contribution in [2.45, 2.75) is 30.9 Å². The van der Waals surface area contributed by atoms with Gasteiger partial charge in [-0.1, -0.05) is 111 Å². The molecule has 1 heteroatoms. The first kappa shape index (κ1) is 23.3. The summed E-state index contributed by atoms with van der Waals surface area (Å²) >= 11 is 5.35. The molecule has 0 amide bonds. The Morgan fingerprint density at radius 1 is 0.405 bits per heavy atom. The van der Waals surface area contributed by atoms with Crippen molar-refractivity contribution in [3.05, 3.63) is 131 Å². The smallest absolute Gasteiger partial charge is 0.0611 e. The van der Waals surface area contributed by atoms with E-state index in [0.717, 1.165) is 0 Å². The Balaban J connectivity index is 1.41. The van der Waals surface area contributed by atoms with Gasteiger partial charge >= 0.3 is 0 Å². The first-order valence-electron chi connectivity index (χ1n) is 14.9. The van der Waals surface area contributed by atoms with Gasteiger partial charge in [-0.05, 0) is 117 Å². The van der Waals surface area contributed by atoms with Gasteiger partial charge in [0.25, 0.3) is 0 Å². The molecule has 42 heavy (non-hydrogen) atoms. The molecule has 0 fully saturated rings. The Labute approximate surface area is 250 Å². The van der Waals surface area contributed by atoms with Gasteiger partial charge in [-0.3, -0.25) is 0 Å². The van der Waals surface area contributed by atoms with Crippen molar-refractivity contribution >= 4 is 66.5 Å². The van der Waals surface area contributed by atoms with Crippen molar-refractivity contribution < 1.29 is 0 Å². The summed E-state index contributed by atoms with van der Waals surface area (Å²) in [6, 6.07) is 41.4. The van der Waals surface area contributed by atoms with Crippen LogP contribution in [0.3, 0.4) is 0 Å². The number of benzene rings is 8. The number of hydrogen-bond acceptors (Lipinski definition) is 1. The van der Waals surface area contributed by atoms with Gasteiger partial charge in [-0.25, -0.2) is 0 Å². The van der Waals surface area contributed by atoms with E-state index in [2.05, 4.69) is 130 Å². The van der Waals surface area contributed by atoms with Crippen LogP contribution in [0.15, 0.2) is 109 Å². The van der Waals surface area contributed by atoms with Crippen molar-refractivity contribution in [2.75, 3.05) is 0 Å². The molecule has 0 spiro atoms. The van der Waals surface area contributed by atoms with Gasteiger partial charge in [0, 0.05) is 5.41 Å². The number of thiol groups is 1. The van der Waals surface area contributed by atoms with Gasteiger partial charge in [0.1, 0.15) is 0 Å². The molecule has 0 N–H and O–H groups in total. The van der Waals surface area contributed by atoms with E-state index in [4.69, 9.17) is 12.6 Å². The highest BCUT2D eigenvalue weighted by Crippen LogP contribution is 2.59. The monoisotopic (exact) mass is 552 g/mol. The van der Waals surface area contributed by atoms with E-state index >= 15 is 0 Å². The van der Waals surface area contributed by atoms with Crippen LogP contribution >= 0.6 is 12.6 Å². The average Bonchev–Trinajstić information content (AvgIpc) is 3.39. The molecule has 1 unspecified atom stereocenters. The molecule has 0 nitrogen and oxygen atoms in total. The van der Waals surface area contributed by atoms with E-state index in [1.807, 2.05) is 0 Å². The zero-order valence-electron chi connectivity index (χ0n) is 23.8. The van der Waals surface area contributed by atoms with E-state index in [9.17, 15) is 0 Å². The molecule has 0 aromatic heterocycles. The van der Waals surface area contributed by atoms with Crippen LogP contribution in [-0.2, 0) is 10.2 Å². The molecule has 8 aromatic carbocycles. The van der Waals surface area contributed by atoms with E-state index in [-0.39, 0.29) is 10.2 Å². The highest BCUT2D eigenvalue weighted by Gasteiger charge is 2.41. The van der Waals surface area contributed by atoms with Gasteiger partial charge in [-0.2, -0.15) is 12.6 Å². The quantitative estimate of drug-likeness (QED) is 0.140. The van der Waals surface area contributed by atoms with Crippen molar-refractivity contribution in [1.82, 2.24) is 0 Å². The standard InChI is InChI=1S/C41H28S/c1-40(2)30-18-14-22-8-4-6-10-26(22)36(30)38-28-16-13-25-21-33-39(29-17-12-24(20-32(38)40)34(28)35(25)29)37-27-11-7-5-9-23(27)15-19-31(37)41(33,3)42/h4-21,42H,1-3H3. The van der Waals surface area contributed by atoms with Gasteiger partial charge in [0.15, 0.2) is 0 Å². The predicted octanol–water partition coefficient (Wildman–Crippen LogP) is 11.4. The van der Waals surface area contributed by atoms with Crippen LogP contribution in [0.4, 0.5) is 0 Å². The van der Waals surface area contributed by atoms with E-state index in [1.165, 1.54) is 98.4 Å². The molecule has 10 rings (SSSR count). The van der Waals surface area contributed by atoms with Crippen LogP contribution in [-0.4, -0.2) is 0 Å². The molecule has 0 saturated carbocycles. The maximum absolute atomic E-state index is 5.35. The topological polar surface area (TPSA) is 0 Å². The Hall–Kier alpha value is -4.33. The summed E-state index contributed by atoms with van der Waals surface area (Å²) in [6.45, 7) is 7.06. The zero-order valence-corrected chi connectivity index (χ0v) is 24.7. The van der Waals surface area contributed by atoms with Crippen molar-refractivity contribution in [3.8, 4) is 22.3 Å². The third-order valence-electron chi connectivity index (χ3n) is 10.7. The van der Waals surface area contributed by atoms with Gasteiger partial charge in [-0.15, -0.1) is 0 Å². The van der Waals surface area contributed by atoms with Crippen LogP contribution < -0.4 is 0 Å². The lowest BCUT2D eigenvalue weighted by Crippen LogP contribution is -2.15. The Morgan fingerprint density at radius 3 is 1.48 bits per heavy atom. The molecule has 0 saturated heterocycles. The average molecular weight is 553 g/mol. The second kappa shape index (κ2) is 7.35. The first-order valence-corrected chi connectivity index (χ1v) is 15.4. The number of fused-ring (bicyclic) bond motifs is 12. The van der Waals surface area contributed by atoms with Crippen LogP contribution in [0.1, 0.15) is 43.0 Å². The number of hydrogen-bond donors (Lipinski definition) is 1. The minimum Gasteiger partial charge on any atom is -0.163 e. The summed E-state index contributed by atoms with van der Waals surface area (Å²) in [4.78, 5) is 0. The van der Waals surface area contributed by atoms with Crippen molar-refractivity contribution in [3.63, 3.8) is 0 Å². The van der Waals surface area contributed by atoms with Gasteiger partial charge in [0.2, 0.25) is 0 Å². The van der Waals surface area contributed by atoms with Crippen LogP contribution in [0.2, 0.25) is 0 Å². The van der Waals surface area contributed by atoms with Crippen LogP contribution in [0.25, 0.3) is 76.1 Å². The lowest BCUT2D eigenvalue weighted by Gasteiger charge is -2.24. The molecular weight excluding hydrogens is 525 g/mol. The predicted molar refractivity (Wildman–Crippen MR) is 184 cm³/mol. The maximum atomic E-state index is 5.35. The molecule has 0 heterocycles. The van der Waals surface area contributed by atoms with E-state index in [0.29, 0.717) is 0 Å². The molecular formula is C41H28S. The Bertz CT molecular complexity index is 2330. The molecule has 0 aliphatic heterocycles. The Morgan fingerprint density at radius 2 is 0.857 bits per heavy atom. The van der Waals surface area contributed by atoms with E-state index in [1.54, 1.807) is 0 Å². The summed E-state index contributed by atoms with van der Waals surface area (Å²) < 4.78 is -0.359. The summed E-state index contributed by atoms with van der Waals surface area (Å²) in [5.41, 5.74) is 10.9. The molecule has 2 aliphatic rings. The van der Waals surface area contributed by atoms with Gasteiger partial charge < -0.3 is 0 Å². The third-order valence-corrected chi connectivity index (χ3v) is 11.1. The number of rotatable bonds is 0. The summed E-state index contributed by atoms with van der Waals surface area (Å²) in [5, 5.41) is 13.4. The molecule has 0 bridgehead atoms. The Kier molecular flexibility index (Phi) is 4.07. The second-order valence-electron chi connectivity index (χ2n) is 13.1. The lowest BCUT2D eigenvalue weighted by molar-refractivity contribution is 0.662. The SMILES string of the molecule is CC1(C)c2ccc3ccccc3c2-c2c1cc1ccc3c4c(cc5ccc2c1c53)C(C)(S)c1ccc2ccccc2c1-4. The highest BCUT2D eigenvalue weighted by molar-refractivity contribution is 7.81. The maximum Gasteiger partial charge on any atom is 0.0611 e. The molecule has 8 aromatic rings. The van der Waals surface area contributed by atoms with Gasteiger partial charge in [0.05, 0.1) is 4.75 Å². The largest absolute Gasteiger partial charge is 0.163 e. The fraction of sp³-hybridized carbons (Fsp3) is 0.122. The summed E-state index contributed by atoms with van der Waals surface area (Å²) in [5.74, 6) is 0. The second-order valence-corrected chi connectivity index (χ2v) is 14.0. The molecule has 0 radical (unpaired) electrons. The zero-order chi connectivity index (χ0) is 28.1. The fourth-order valence-corrected chi connectivity index (χ4v) is 9.03. The first-order chi connectivity index (χ1) is 20.4. The molecule has 1 atom stereocenters. The minimum absolute atomic E-state index is 0.0634. The molecule has 198 valence electrons.